The normalized spacial score (nSPS) is 24.8. The molecule has 1 aliphatic heterocycles. The lowest BCUT2D eigenvalue weighted by Crippen LogP contribution is -2.29. The van der Waals surface area contributed by atoms with Crippen LogP contribution in [0.25, 0.3) is 0 Å². The largest absolute Gasteiger partial charge is 0.338 e. The van der Waals surface area contributed by atoms with E-state index in [-0.39, 0.29) is 11.6 Å². The lowest BCUT2D eigenvalue weighted by Gasteiger charge is -2.18. The van der Waals surface area contributed by atoms with E-state index in [0.29, 0.717) is 21.9 Å². The highest BCUT2D eigenvalue weighted by molar-refractivity contribution is 9.10. The maximum Gasteiger partial charge on any atom is 0.270 e. The van der Waals surface area contributed by atoms with E-state index in [4.69, 9.17) is 0 Å². The van der Waals surface area contributed by atoms with Crippen molar-refractivity contribution < 1.29 is 9.72 Å². The molecule has 6 heteroatoms. The molecule has 1 amide bonds. The Morgan fingerprint density at radius 1 is 1.30 bits per heavy atom. The summed E-state index contributed by atoms with van der Waals surface area (Å²) in [5, 5.41) is 10.8. The van der Waals surface area contributed by atoms with Crippen LogP contribution >= 0.6 is 15.9 Å². The molecule has 3 rings (SSSR count). The van der Waals surface area contributed by atoms with E-state index < -0.39 is 4.92 Å². The average molecular weight is 339 g/mol. The molecule has 0 aromatic heterocycles. The molecule has 0 N–H and O–H groups in total. The fourth-order valence-corrected chi connectivity index (χ4v) is 3.78. The summed E-state index contributed by atoms with van der Waals surface area (Å²) >= 11 is 3.32. The second kappa shape index (κ2) is 5.16. The van der Waals surface area contributed by atoms with Crippen LogP contribution in [0.2, 0.25) is 0 Å². The van der Waals surface area contributed by atoms with Crippen LogP contribution < -0.4 is 0 Å². The zero-order valence-electron chi connectivity index (χ0n) is 10.9. The molecule has 2 aliphatic rings. The van der Waals surface area contributed by atoms with E-state index >= 15 is 0 Å². The SMILES string of the molecule is O=C(c1cc([N+](=O)[O-])ccc1Br)N1CC2CCCC2C1. The van der Waals surface area contributed by atoms with Gasteiger partial charge in [0.25, 0.3) is 11.6 Å². The highest BCUT2D eigenvalue weighted by Crippen LogP contribution is 2.38. The molecule has 0 spiro atoms. The number of carbonyl (C=O) groups is 1. The molecule has 1 saturated heterocycles. The topological polar surface area (TPSA) is 63.4 Å². The molecule has 106 valence electrons. The van der Waals surface area contributed by atoms with Gasteiger partial charge in [-0.25, -0.2) is 0 Å². The van der Waals surface area contributed by atoms with Crippen molar-refractivity contribution in [3.8, 4) is 0 Å². The number of hydrogen-bond donors (Lipinski definition) is 0. The summed E-state index contributed by atoms with van der Waals surface area (Å²) in [5.41, 5.74) is 0.343. The van der Waals surface area contributed by atoms with Crippen LogP contribution in [0, 0.1) is 22.0 Å². The first kappa shape index (κ1) is 13.5. The van der Waals surface area contributed by atoms with E-state index in [9.17, 15) is 14.9 Å². The summed E-state index contributed by atoms with van der Waals surface area (Å²) in [6, 6.07) is 4.34. The Bertz CT molecular complexity index is 564. The fraction of sp³-hybridized carbons (Fsp3) is 0.500. The molecule has 1 saturated carbocycles. The van der Waals surface area contributed by atoms with Crippen molar-refractivity contribution in [2.45, 2.75) is 19.3 Å². The van der Waals surface area contributed by atoms with Crippen LogP contribution in [0.1, 0.15) is 29.6 Å². The molecule has 5 nitrogen and oxygen atoms in total. The van der Waals surface area contributed by atoms with Crippen molar-refractivity contribution in [1.29, 1.82) is 0 Å². The van der Waals surface area contributed by atoms with Gasteiger partial charge in [0, 0.05) is 29.7 Å². The predicted octanol–water partition coefficient (Wildman–Crippen LogP) is 3.23. The van der Waals surface area contributed by atoms with Gasteiger partial charge in [-0.1, -0.05) is 6.42 Å². The number of benzene rings is 1. The second-order valence-corrected chi connectivity index (χ2v) is 6.44. The lowest BCUT2D eigenvalue weighted by molar-refractivity contribution is -0.384. The number of carbonyl (C=O) groups excluding carboxylic acids is 1. The maximum absolute atomic E-state index is 12.5. The van der Waals surface area contributed by atoms with Crippen molar-refractivity contribution in [2.75, 3.05) is 13.1 Å². The number of hydrogen-bond acceptors (Lipinski definition) is 3. The molecule has 20 heavy (non-hydrogen) atoms. The molecule has 2 atom stereocenters. The maximum atomic E-state index is 12.5. The van der Waals surface area contributed by atoms with Crippen molar-refractivity contribution >= 4 is 27.5 Å². The Morgan fingerprint density at radius 2 is 1.95 bits per heavy atom. The summed E-state index contributed by atoms with van der Waals surface area (Å²) in [7, 11) is 0. The number of likely N-dealkylation sites (tertiary alicyclic amines) is 1. The van der Waals surface area contributed by atoms with Gasteiger partial charge >= 0.3 is 0 Å². The Morgan fingerprint density at radius 3 is 2.55 bits per heavy atom. The Balaban J connectivity index is 1.84. The van der Waals surface area contributed by atoms with Gasteiger partial charge in [0.2, 0.25) is 0 Å². The Hall–Kier alpha value is -1.43. The van der Waals surface area contributed by atoms with Crippen molar-refractivity contribution in [3.63, 3.8) is 0 Å². The molecule has 2 unspecified atom stereocenters. The molecule has 1 aromatic carbocycles. The quantitative estimate of drug-likeness (QED) is 0.614. The van der Waals surface area contributed by atoms with Crippen LogP contribution in [0.3, 0.4) is 0 Å². The molecule has 2 fully saturated rings. The van der Waals surface area contributed by atoms with Gasteiger partial charge < -0.3 is 4.90 Å². The van der Waals surface area contributed by atoms with Gasteiger partial charge in [-0.2, -0.15) is 0 Å². The summed E-state index contributed by atoms with van der Waals surface area (Å²) < 4.78 is 0.616. The zero-order chi connectivity index (χ0) is 14.3. The number of non-ortho nitro benzene ring substituents is 1. The molecular formula is C14H15BrN2O3. The fourth-order valence-electron chi connectivity index (χ4n) is 3.36. The molecule has 1 aromatic rings. The molecule has 0 radical (unpaired) electrons. The summed E-state index contributed by atoms with van der Waals surface area (Å²) in [6.45, 7) is 1.58. The van der Waals surface area contributed by atoms with Crippen molar-refractivity contribution in [1.82, 2.24) is 4.90 Å². The smallest absolute Gasteiger partial charge is 0.270 e. The highest BCUT2D eigenvalue weighted by atomic mass is 79.9. The summed E-state index contributed by atoms with van der Waals surface area (Å²) in [5.74, 6) is 1.14. The van der Waals surface area contributed by atoms with E-state index in [1.807, 2.05) is 4.90 Å². The van der Waals surface area contributed by atoms with Gasteiger partial charge in [-0.3, -0.25) is 14.9 Å². The molecule has 0 bridgehead atoms. The number of nitro groups is 1. The van der Waals surface area contributed by atoms with E-state index in [1.165, 1.54) is 31.4 Å². The van der Waals surface area contributed by atoms with E-state index in [2.05, 4.69) is 15.9 Å². The average Bonchev–Trinajstić information content (AvgIpc) is 2.98. The van der Waals surface area contributed by atoms with E-state index in [1.54, 1.807) is 6.07 Å². The van der Waals surface area contributed by atoms with Crippen molar-refractivity contribution in [2.24, 2.45) is 11.8 Å². The molecule has 1 aliphatic carbocycles. The van der Waals surface area contributed by atoms with Crippen LogP contribution in [0.15, 0.2) is 22.7 Å². The number of halogens is 1. The highest BCUT2D eigenvalue weighted by Gasteiger charge is 2.38. The van der Waals surface area contributed by atoms with Crippen LogP contribution in [0.4, 0.5) is 5.69 Å². The zero-order valence-corrected chi connectivity index (χ0v) is 12.5. The van der Waals surface area contributed by atoms with Crippen LogP contribution in [-0.4, -0.2) is 28.8 Å². The van der Waals surface area contributed by atoms with Crippen LogP contribution in [-0.2, 0) is 0 Å². The van der Waals surface area contributed by atoms with Gasteiger partial charge in [-0.15, -0.1) is 0 Å². The Labute approximate surface area is 125 Å². The number of rotatable bonds is 2. The van der Waals surface area contributed by atoms with E-state index in [0.717, 1.165) is 13.1 Å². The minimum absolute atomic E-state index is 0.0454. The van der Waals surface area contributed by atoms with Gasteiger partial charge in [0.1, 0.15) is 0 Å². The van der Waals surface area contributed by atoms with Gasteiger partial charge in [0.05, 0.1) is 10.5 Å². The number of nitro benzene ring substituents is 1. The third-order valence-electron chi connectivity index (χ3n) is 4.40. The predicted molar refractivity (Wildman–Crippen MR) is 77.5 cm³/mol. The number of nitrogens with zero attached hydrogens (tertiary/aromatic N) is 2. The monoisotopic (exact) mass is 338 g/mol. The Kier molecular flexibility index (Phi) is 3.50. The lowest BCUT2D eigenvalue weighted by atomic mass is 10.0. The van der Waals surface area contributed by atoms with Gasteiger partial charge in [-0.05, 0) is 46.7 Å². The first-order valence-electron chi connectivity index (χ1n) is 6.79. The molecule has 1 heterocycles. The third-order valence-corrected chi connectivity index (χ3v) is 5.10. The van der Waals surface area contributed by atoms with Crippen LogP contribution in [0.5, 0.6) is 0 Å². The number of fused-ring (bicyclic) bond motifs is 1. The second-order valence-electron chi connectivity index (χ2n) is 5.58. The minimum atomic E-state index is -0.470. The van der Waals surface area contributed by atoms with Gasteiger partial charge in [0.15, 0.2) is 0 Å². The standard InChI is InChI=1S/C14H15BrN2O3/c15-13-5-4-11(17(19)20)6-12(13)14(18)16-7-9-2-1-3-10(9)8-16/h4-6,9-10H,1-3,7-8H2. The third kappa shape index (κ3) is 2.32. The van der Waals surface area contributed by atoms with Crippen molar-refractivity contribution in [3.05, 3.63) is 38.3 Å². The first-order valence-corrected chi connectivity index (χ1v) is 7.59. The summed E-state index contributed by atoms with van der Waals surface area (Å²) in [4.78, 5) is 24.8. The number of amides is 1. The summed E-state index contributed by atoms with van der Waals surface area (Å²) in [6.07, 6.45) is 3.66. The minimum Gasteiger partial charge on any atom is -0.338 e. The first-order chi connectivity index (χ1) is 9.56. The molecular weight excluding hydrogens is 324 g/mol.